The van der Waals surface area contributed by atoms with Gasteiger partial charge in [0.15, 0.2) is 5.58 Å². The first-order valence-electron chi connectivity index (χ1n) is 25.3. The molecule has 3 aliphatic heterocycles. The van der Waals surface area contributed by atoms with Crippen molar-refractivity contribution >= 4 is 68.1 Å². The summed E-state index contributed by atoms with van der Waals surface area (Å²) in [7, 11) is 0. The molecular weight excluding hydrogens is 836 g/mol. The number of anilines is 5. The van der Waals surface area contributed by atoms with Crippen molar-refractivity contribution in [2.45, 2.75) is 109 Å². The molecule has 0 radical (unpaired) electrons. The van der Waals surface area contributed by atoms with Crippen molar-refractivity contribution in [1.29, 1.82) is 0 Å². The average Bonchev–Trinajstić information content (AvgIpc) is 3.72. The second-order valence-corrected chi connectivity index (χ2v) is 24.0. The number of para-hydroxylation sites is 2. The minimum Gasteiger partial charge on any atom is -0.454 e. The first-order chi connectivity index (χ1) is 33.0. The molecule has 0 bridgehead atoms. The highest BCUT2D eigenvalue weighted by atomic mass is 16.3. The minimum absolute atomic E-state index is 0.00354. The summed E-state index contributed by atoms with van der Waals surface area (Å²) in [5.74, 6) is 0. The number of rotatable bonds is 3. The van der Waals surface area contributed by atoms with E-state index in [1.807, 2.05) is 0 Å². The molecule has 1 aromatic heterocycles. The molecule has 0 saturated heterocycles. The van der Waals surface area contributed by atoms with Gasteiger partial charge in [0, 0.05) is 33.4 Å². The van der Waals surface area contributed by atoms with Crippen LogP contribution in [0.2, 0.25) is 0 Å². The maximum absolute atomic E-state index is 7.47. The Morgan fingerprint density at radius 2 is 1.10 bits per heavy atom. The van der Waals surface area contributed by atoms with Gasteiger partial charge in [0.25, 0.3) is 0 Å². The Hall–Kier alpha value is -6.78. The minimum atomic E-state index is -0.596. The van der Waals surface area contributed by atoms with Crippen LogP contribution in [0.3, 0.4) is 0 Å². The van der Waals surface area contributed by atoms with Crippen molar-refractivity contribution < 1.29 is 4.42 Å². The van der Waals surface area contributed by atoms with Gasteiger partial charge in [-0.15, -0.1) is 0 Å². The summed E-state index contributed by atoms with van der Waals surface area (Å²) in [5.41, 5.74) is 23.0. The van der Waals surface area contributed by atoms with Crippen molar-refractivity contribution in [2.24, 2.45) is 0 Å². The van der Waals surface area contributed by atoms with Gasteiger partial charge in [0.1, 0.15) is 5.58 Å². The number of benzene rings is 8. The van der Waals surface area contributed by atoms with Crippen LogP contribution in [0.15, 0.2) is 168 Å². The van der Waals surface area contributed by atoms with Gasteiger partial charge in [-0.1, -0.05) is 191 Å². The highest BCUT2D eigenvalue weighted by Gasteiger charge is 2.53. The third kappa shape index (κ3) is 5.81. The summed E-state index contributed by atoms with van der Waals surface area (Å²) < 4.78 is 7.47. The molecular formula is C65H61BN2O. The fourth-order valence-electron chi connectivity index (χ4n) is 13.1. The Balaban J connectivity index is 1.19. The Bertz CT molecular complexity index is 3540. The van der Waals surface area contributed by atoms with Gasteiger partial charge in [0.05, 0.1) is 16.8 Å². The molecule has 8 aromatic carbocycles. The molecule has 13 rings (SSSR count). The van der Waals surface area contributed by atoms with Crippen molar-refractivity contribution in [3.63, 3.8) is 0 Å². The van der Waals surface area contributed by atoms with Gasteiger partial charge in [-0.2, -0.15) is 0 Å². The van der Waals surface area contributed by atoms with Crippen LogP contribution in [-0.4, -0.2) is 6.85 Å². The molecule has 4 aliphatic rings. The van der Waals surface area contributed by atoms with E-state index in [0.29, 0.717) is 0 Å². The molecule has 4 heteroatoms. The van der Waals surface area contributed by atoms with Crippen LogP contribution in [0, 0.1) is 0 Å². The Morgan fingerprint density at radius 3 is 1.75 bits per heavy atom. The largest absolute Gasteiger partial charge is 0.454 e. The molecule has 0 spiro atoms. The molecule has 0 unspecified atom stereocenters. The zero-order valence-electron chi connectivity index (χ0n) is 41.9. The zero-order chi connectivity index (χ0) is 47.6. The van der Waals surface area contributed by atoms with Crippen molar-refractivity contribution in [2.75, 3.05) is 9.71 Å². The summed E-state index contributed by atoms with van der Waals surface area (Å²) >= 11 is 0. The Labute approximate surface area is 408 Å². The molecule has 69 heavy (non-hydrogen) atoms. The van der Waals surface area contributed by atoms with Crippen LogP contribution in [-0.2, 0) is 27.1 Å². The van der Waals surface area contributed by atoms with E-state index in [4.69, 9.17) is 4.42 Å². The van der Waals surface area contributed by atoms with E-state index < -0.39 is 5.41 Å². The van der Waals surface area contributed by atoms with Crippen LogP contribution in [0.1, 0.15) is 127 Å². The summed E-state index contributed by atoms with van der Waals surface area (Å²) in [6.45, 7) is 23.5. The smallest absolute Gasteiger partial charge is 0.333 e. The van der Waals surface area contributed by atoms with Gasteiger partial charge in [-0.25, -0.2) is 0 Å². The lowest BCUT2D eigenvalue weighted by Gasteiger charge is -2.52. The number of nitrogens with zero attached hydrogens (tertiary/aromatic N) is 2. The first-order valence-corrected chi connectivity index (χ1v) is 25.3. The molecule has 0 fully saturated rings. The molecule has 0 saturated carbocycles. The Kier molecular flexibility index (Phi) is 8.69. The van der Waals surface area contributed by atoms with Crippen LogP contribution in [0.4, 0.5) is 28.4 Å². The second-order valence-electron chi connectivity index (χ2n) is 24.0. The monoisotopic (exact) mass is 896 g/mol. The van der Waals surface area contributed by atoms with E-state index in [2.05, 4.69) is 243 Å². The molecule has 340 valence electrons. The normalized spacial score (nSPS) is 17.0. The van der Waals surface area contributed by atoms with Crippen LogP contribution >= 0.6 is 0 Å². The van der Waals surface area contributed by atoms with Crippen LogP contribution in [0.5, 0.6) is 0 Å². The maximum Gasteiger partial charge on any atom is 0.333 e. The van der Waals surface area contributed by atoms with Gasteiger partial charge < -0.3 is 14.1 Å². The van der Waals surface area contributed by atoms with Crippen molar-refractivity contribution in [3.8, 4) is 11.1 Å². The summed E-state index contributed by atoms with van der Waals surface area (Å²) in [6.07, 6.45) is 2.32. The van der Waals surface area contributed by atoms with Crippen LogP contribution in [0.25, 0.3) is 33.1 Å². The number of fused-ring (bicyclic) bond motifs is 11. The number of furan rings is 1. The SMILES string of the molecule is CC(C)(C)c1ccc(N2B3c4cccc5c4N(c4ccccc4C5(c4ccccc4)c4ccccc4)c4cc(C(C)(C)C)cc(c43)-c3ccc4c(oc5cc6c(cc54)C(C)(C)CCC6(C)C)c32)cc1. The zero-order valence-corrected chi connectivity index (χ0v) is 41.9. The third-order valence-electron chi connectivity index (χ3n) is 16.9. The van der Waals surface area contributed by atoms with Crippen molar-refractivity contribution in [1.82, 2.24) is 0 Å². The molecule has 0 atom stereocenters. The fraction of sp³-hybridized carbons (Fsp3) is 0.262. The van der Waals surface area contributed by atoms with Gasteiger partial charge in [-0.3, -0.25) is 0 Å². The van der Waals surface area contributed by atoms with Gasteiger partial charge in [-0.05, 0) is 138 Å². The van der Waals surface area contributed by atoms with Gasteiger partial charge >= 0.3 is 6.85 Å². The fourth-order valence-corrected chi connectivity index (χ4v) is 13.1. The molecule has 0 amide bonds. The molecule has 1 aliphatic carbocycles. The summed E-state index contributed by atoms with van der Waals surface area (Å²) in [6, 6.07) is 63.1. The molecule has 3 nitrogen and oxygen atoms in total. The second kappa shape index (κ2) is 14.2. The first kappa shape index (κ1) is 42.3. The van der Waals surface area contributed by atoms with E-state index >= 15 is 0 Å². The summed E-state index contributed by atoms with van der Waals surface area (Å²) in [5, 5.41) is 2.38. The molecule has 0 N–H and O–H groups in total. The Morgan fingerprint density at radius 1 is 0.493 bits per heavy atom. The lowest BCUT2D eigenvalue weighted by atomic mass is 9.42. The predicted molar refractivity (Wildman–Crippen MR) is 292 cm³/mol. The third-order valence-corrected chi connectivity index (χ3v) is 16.9. The number of hydrogen-bond acceptors (Lipinski definition) is 3. The summed E-state index contributed by atoms with van der Waals surface area (Å²) in [4.78, 5) is 5.32. The van der Waals surface area contributed by atoms with Gasteiger partial charge in [0.2, 0.25) is 0 Å². The van der Waals surface area contributed by atoms with E-state index in [1.165, 1.54) is 94.4 Å². The molecule has 9 aromatic rings. The van der Waals surface area contributed by atoms with E-state index in [9.17, 15) is 0 Å². The maximum atomic E-state index is 7.47. The van der Waals surface area contributed by atoms with E-state index in [1.54, 1.807) is 0 Å². The standard InChI is InChI=1S/C65H61BN2O/c1-61(2,3)40-28-30-44(31-29-40)68-58-45(32-33-46-47-38-51-52(39-56(47)69-60(46)58)64(9,10)35-34-63(51,7)8)48-36-43(62(4,5)6)37-55-57(48)66(68)53-26-19-25-50-59(53)67(55)54-27-18-17-24-49(54)65(50,41-20-13-11-14-21-41)42-22-15-12-16-23-42/h11-33,36-39H,34-35H2,1-10H3. The average molecular weight is 897 g/mol. The topological polar surface area (TPSA) is 19.6 Å². The van der Waals surface area contributed by atoms with Crippen molar-refractivity contribution in [3.05, 3.63) is 208 Å². The number of hydrogen-bond donors (Lipinski definition) is 0. The lowest BCUT2D eigenvalue weighted by Crippen LogP contribution is -2.63. The molecule has 4 heterocycles. The highest BCUT2D eigenvalue weighted by Crippen LogP contribution is 2.60. The highest BCUT2D eigenvalue weighted by molar-refractivity contribution is 6.94. The predicted octanol–water partition coefficient (Wildman–Crippen LogP) is 15.9. The van der Waals surface area contributed by atoms with Crippen LogP contribution < -0.4 is 20.6 Å². The quantitative estimate of drug-likeness (QED) is 0.165. The lowest BCUT2D eigenvalue weighted by molar-refractivity contribution is 0.332. The van der Waals surface area contributed by atoms with E-state index in [0.717, 1.165) is 35.4 Å². The van der Waals surface area contributed by atoms with E-state index in [-0.39, 0.29) is 28.5 Å².